The lowest BCUT2D eigenvalue weighted by molar-refractivity contribution is -0.384. The van der Waals surface area contributed by atoms with Gasteiger partial charge in [0, 0.05) is 17.7 Å². The van der Waals surface area contributed by atoms with Gasteiger partial charge in [-0.2, -0.15) is 0 Å². The zero-order valence-corrected chi connectivity index (χ0v) is 15.5. The second kappa shape index (κ2) is 8.04. The van der Waals surface area contributed by atoms with Crippen molar-refractivity contribution in [3.8, 4) is 5.75 Å². The van der Waals surface area contributed by atoms with Crippen molar-refractivity contribution in [1.29, 1.82) is 0 Å². The highest BCUT2D eigenvalue weighted by molar-refractivity contribution is 7.22. The Morgan fingerprint density at radius 2 is 2.00 bits per heavy atom. The van der Waals surface area contributed by atoms with Crippen LogP contribution in [-0.4, -0.2) is 29.3 Å². The van der Waals surface area contributed by atoms with Crippen LogP contribution in [0.2, 0.25) is 0 Å². The number of nitrogens with zero attached hydrogens (tertiary/aromatic N) is 2. The van der Waals surface area contributed by atoms with Gasteiger partial charge in [-0.1, -0.05) is 17.4 Å². The highest BCUT2D eigenvalue weighted by Crippen LogP contribution is 2.31. The van der Waals surface area contributed by atoms with Gasteiger partial charge in [0.2, 0.25) is 0 Å². The number of carbonyl (C=O) groups is 1. The molecule has 0 atom stereocenters. The van der Waals surface area contributed by atoms with E-state index in [-0.39, 0.29) is 35.0 Å². The van der Waals surface area contributed by atoms with Crippen molar-refractivity contribution < 1.29 is 31.4 Å². The zero-order chi connectivity index (χ0) is 17.1. The lowest BCUT2D eigenvalue weighted by atomic mass is 10.1. The third-order valence-electron chi connectivity index (χ3n) is 3.40. The van der Waals surface area contributed by atoms with Crippen molar-refractivity contribution in [1.82, 2.24) is 4.98 Å². The fourth-order valence-corrected chi connectivity index (χ4v) is 3.07. The normalized spacial score (nSPS) is 10.1. The van der Waals surface area contributed by atoms with E-state index in [1.54, 1.807) is 7.11 Å². The van der Waals surface area contributed by atoms with Crippen molar-refractivity contribution in [3.63, 3.8) is 0 Å². The molecule has 9 heteroatoms. The molecule has 0 saturated carbocycles. The molecule has 7 nitrogen and oxygen atoms in total. The van der Waals surface area contributed by atoms with Crippen LogP contribution in [0.25, 0.3) is 10.2 Å². The third-order valence-corrected chi connectivity index (χ3v) is 4.38. The van der Waals surface area contributed by atoms with Crippen LogP contribution in [0.4, 0.5) is 10.8 Å². The van der Waals surface area contributed by atoms with Crippen molar-refractivity contribution >= 4 is 38.2 Å². The number of non-ortho nitro benzene ring substituents is 1. The van der Waals surface area contributed by atoms with Crippen LogP contribution in [0.3, 0.4) is 0 Å². The number of nitro benzene ring substituents is 1. The predicted molar refractivity (Wildman–Crippen MR) is 92.1 cm³/mol. The Morgan fingerprint density at radius 1 is 1.28 bits per heavy atom. The van der Waals surface area contributed by atoms with Gasteiger partial charge in [-0.15, -0.1) is 0 Å². The van der Waals surface area contributed by atoms with E-state index in [0.29, 0.717) is 16.4 Å². The molecule has 0 saturated heterocycles. The van der Waals surface area contributed by atoms with E-state index < -0.39 is 4.92 Å². The smallest absolute Gasteiger partial charge is 0.269 e. The van der Waals surface area contributed by atoms with E-state index in [2.05, 4.69) is 10.3 Å². The molecule has 0 unspecified atom stereocenters. The molecule has 3 aromatic rings. The van der Waals surface area contributed by atoms with Crippen LogP contribution in [0, 0.1) is 10.1 Å². The van der Waals surface area contributed by atoms with Crippen molar-refractivity contribution in [2.24, 2.45) is 0 Å². The van der Waals surface area contributed by atoms with Crippen LogP contribution in [0.15, 0.2) is 42.5 Å². The Balaban J connectivity index is 0.00000225. The van der Waals surface area contributed by atoms with Gasteiger partial charge in [0.25, 0.3) is 5.69 Å². The van der Waals surface area contributed by atoms with Gasteiger partial charge in [0.05, 0.1) is 23.3 Å². The van der Waals surface area contributed by atoms with Crippen LogP contribution >= 0.6 is 11.3 Å². The summed E-state index contributed by atoms with van der Waals surface area (Å²) in [4.78, 5) is 26.7. The fraction of sp³-hybridized carbons (Fsp3) is 0.125. The quantitative estimate of drug-likeness (QED) is 0.353. The number of ketones is 1. The molecule has 0 fully saturated rings. The molecular formula is C16H13BrN3O4S-. The number of thiazole rings is 1. The molecule has 130 valence electrons. The van der Waals surface area contributed by atoms with Crippen molar-refractivity contribution in [2.75, 3.05) is 19.0 Å². The number of carbonyl (C=O) groups excluding carboxylic acids is 1. The Kier molecular flexibility index (Phi) is 6.05. The molecule has 0 spiro atoms. The minimum Gasteiger partial charge on any atom is -1.00 e. The van der Waals surface area contributed by atoms with E-state index in [1.165, 1.54) is 35.6 Å². The largest absolute Gasteiger partial charge is 1.00 e. The SMILES string of the molecule is COc1cccc2sc(NCC(=O)c3ccc([N+](=O)[O-])cc3)nc12.[Br-]. The summed E-state index contributed by atoms with van der Waals surface area (Å²) in [7, 11) is 1.58. The van der Waals surface area contributed by atoms with Gasteiger partial charge < -0.3 is 27.0 Å². The number of hydrogen-bond donors (Lipinski definition) is 1. The maximum absolute atomic E-state index is 12.2. The molecule has 0 aliphatic rings. The van der Waals surface area contributed by atoms with Gasteiger partial charge in [0.1, 0.15) is 11.3 Å². The predicted octanol–water partition coefficient (Wildman–Crippen LogP) is 0.512. The number of ether oxygens (including phenoxy) is 1. The molecule has 0 aliphatic heterocycles. The molecule has 3 rings (SSSR count). The zero-order valence-electron chi connectivity index (χ0n) is 13.1. The number of para-hydroxylation sites is 1. The summed E-state index contributed by atoms with van der Waals surface area (Å²) < 4.78 is 6.22. The first kappa shape index (κ1) is 18.8. The first-order valence-electron chi connectivity index (χ1n) is 7.03. The van der Waals surface area contributed by atoms with E-state index >= 15 is 0 Å². The van der Waals surface area contributed by atoms with Gasteiger partial charge in [-0.3, -0.25) is 14.9 Å². The summed E-state index contributed by atoms with van der Waals surface area (Å²) in [5, 5.41) is 14.2. The Labute approximate surface area is 157 Å². The Bertz CT molecular complexity index is 911. The maximum Gasteiger partial charge on any atom is 0.269 e. The molecule has 0 bridgehead atoms. The molecule has 0 amide bonds. The highest BCUT2D eigenvalue weighted by Gasteiger charge is 2.12. The lowest BCUT2D eigenvalue weighted by Crippen LogP contribution is -3.00. The molecule has 2 aromatic carbocycles. The molecule has 0 aliphatic carbocycles. The number of aromatic nitrogens is 1. The first-order valence-corrected chi connectivity index (χ1v) is 7.85. The number of nitro groups is 1. The topological polar surface area (TPSA) is 94.4 Å². The molecule has 1 aromatic heterocycles. The van der Waals surface area contributed by atoms with Crippen LogP contribution < -0.4 is 27.0 Å². The molecular weight excluding hydrogens is 410 g/mol. The average Bonchev–Trinajstić information content (AvgIpc) is 3.02. The number of benzene rings is 2. The molecule has 25 heavy (non-hydrogen) atoms. The minimum atomic E-state index is -0.499. The van der Waals surface area contributed by atoms with E-state index in [4.69, 9.17) is 4.74 Å². The van der Waals surface area contributed by atoms with Gasteiger partial charge in [-0.25, -0.2) is 4.98 Å². The van der Waals surface area contributed by atoms with Gasteiger partial charge >= 0.3 is 0 Å². The summed E-state index contributed by atoms with van der Waals surface area (Å²) in [5.41, 5.74) is 1.11. The summed E-state index contributed by atoms with van der Waals surface area (Å²) >= 11 is 1.43. The van der Waals surface area contributed by atoms with Crippen LogP contribution in [-0.2, 0) is 0 Å². The third kappa shape index (κ3) is 4.12. The second-order valence-electron chi connectivity index (χ2n) is 4.91. The fourth-order valence-electron chi connectivity index (χ4n) is 2.19. The Hall–Kier alpha value is -2.52. The second-order valence-corrected chi connectivity index (χ2v) is 5.94. The standard InChI is InChI=1S/C16H13N3O4S.BrH/c1-23-13-3-2-4-14-15(13)18-16(24-14)17-9-12(20)10-5-7-11(8-6-10)19(21)22;/h2-8H,9H2,1H3,(H,17,18);1H/p-1. The first-order chi connectivity index (χ1) is 11.6. The maximum atomic E-state index is 12.2. The Morgan fingerprint density at radius 3 is 2.64 bits per heavy atom. The number of methoxy groups -OCH3 is 1. The summed E-state index contributed by atoms with van der Waals surface area (Å²) in [6.45, 7) is 0.0555. The average molecular weight is 423 g/mol. The van der Waals surface area contributed by atoms with Crippen LogP contribution in [0.1, 0.15) is 10.4 Å². The number of halogens is 1. The molecule has 1 heterocycles. The van der Waals surface area contributed by atoms with E-state index in [9.17, 15) is 14.9 Å². The van der Waals surface area contributed by atoms with E-state index in [0.717, 1.165) is 10.2 Å². The highest BCUT2D eigenvalue weighted by atomic mass is 79.9. The number of anilines is 1. The lowest BCUT2D eigenvalue weighted by Gasteiger charge is -2.02. The summed E-state index contributed by atoms with van der Waals surface area (Å²) in [6, 6.07) is 11.2. The minimum absolute atomic E-state index is 0. The van der Waals surface area contributed by atoms with E-state index in [1.807, 2.05) is 18.2 Å². The molecule has 0 radical (unpaired) electrons. The summed E-state index contributed by atoms with van der Waals surface area (Å²) in [5.74, 6) is 0.509. The monoisotopic (exact) mass is 422 g/mol. The van der Waals surface area contributed by atoms with Crippen molar-refractivity contribution in [2.45, 2.75) is 0 Å². The number of rotatable bonds is 6. The van der Waals surface area contributed by atoms with Crippen LogP contribution in [0.5, 0.6) is 5.75 Å². The molecule has 1 N–H and O–H groups in total. The summed E-state index contributed by atoms with van der Waals surface area (Å²) in [6.07, 6.45) is 0. The number of fused-ring (bicyclic) bond motifs is 1. The number of Topliss-reactive ketones (excluding diaryl/α,β-unsaturated/α-hetero) is 1. The van der Waals surface area contributed by atoms with Gasteiger partial charge in [-0.05, 0) is 24.3 Å². The number of hydrogen-bond acceptors (Lipinski definition) is 7. The number of nitrogens with one attached hydrogen (secondary N) is 1. The van der Waals surface area contributed by atoms with Crippen molar-refractivity contribution in [3.05, 3.63) is 58.1 Å². The van der Waals surface area contributed by atoms with Gasteiger partial charge in [0.15, 0.2) is 10.9 Å².